The number of aromatic nitrogens is 1. The standard InChI is InChI=1S/C16H26N2O2/c1-2-5-14(15-6-3-4-9-17-15)18-12-16(7-10-19)8-11-20-13-16/h3-4,6,9,14,18-19H,2,5,7-8,10-13H2,1H3. The number of aliphatic hydroxyl groups excluding tert-OH is 1. The molecule has 1 aliphatic rings. The third-order valence-corrected chi connectivity index (χ3v) is 4.17. The Morgan fingerprint density at radius 3 is 3.00 bits per heavy atom. The van der Waals surface area contributed by atoms with E-state index in [4.69, 9.17) is 4.74 Å². The summed E-state index contributed by atoms with van der Waals surface area (Å²) in [5.74, 6) is 0. The molecule has 112 valence electrons. The first kappa shape index (κ1) is 15.4. The van der Waals surface area contributed by atoms with Gasteiger partial charge in [-0.25, -0.2) is 0 Å². The fourth-order valence-electron chi connectivity index (χ4n) is 2.88. The average molecular weight is 278 g/mol. The number of rotatable bonds is 8. The van der Waals surface area contributed by atoms with Crippen LogP contribution in [0.2, 0.25) is 0 Å². The van der Waals surface area contributed by atoms with E-state index in [2.05, 4.69) is 23.3 Å². The van der Waals surface area contributed by atoms with Gasteiger partial charge in [0.15, 0.2) is 0 Å². The Balaban J connectivity index is 1.97. The Morgan fingerprint density at radius 2 is 2.40 bits per heavy atom. The predicted molar refractivity (Wildman–Crippen MR) is 79.5 cm³/mol. The lowest BCUT2D eigenvalue weighted by atomic mass is 9.83. The zero-order valence-electron chi connectivity index (χ0n) is 12.3. The second-order valence-electron chi connectivity index (χ2n) is 5.75. The monoisotopic (exact) mass is 278 g/mol. The average Bonchev–Trinajstić information content (AvgIpc) is 2.94. The molecule has 0 radical (unpaired) electrons. The molecule has 1 saturated heterocycles. The minimum absolute atomic E-state index is 0.0928. The largest absolute Gasteiger partial charge is 0.396 e. The summed E-state index contributed by atoms with van der Waals surface area (Å²) in [6.07, 6.45) is 5.88. The van der Waals surface area contributed by atoms with Crippen molar-refractivity contribution in [2.24, 2.45) is 5.41 Å². The first-order chi connectivity index (χ1) is 9.79. The lowest BCUT2D eigenvalue weighted by molar-refractivity contribution is 0.121. The highest BCUT2D eigenvalue weighted by Crippen LogP contribution is 2.32. The highest BCUT2D eigenvalue weighted by molar-refractivity contribution is 5.08. The number of hydrogen-bond acceptors (Lipinski definition) is 4. The van der Waals surface area contributed by atoms with Crippen molar-refractivity contribution in [3.63, 3.8) is 0 Å². The zero-order valence-corrected chi connectivity index (χ0v) is 12.3. The van der Waals surface area contributed by atoms with Crippen molar-refractivity contribution in [2.45, 2.75) is 38.6 Å². The first-order valence-electron chi connectivity index (χ1n) is 7.62. The van der Waals surface area contributed by atoms with Gasteiger partial charge in [-0.1, -0.05) is 19.4 Å². The Morgan fingerprint density at radius 1 is 1.50 bits per heavy atom. The maximum Gasteiger partial charge on any atom is 0.0573 e. The van der Waals surface area contributed by atoms with E-state index in [9.17, 15) is 5.11 Å². The SMILES string of the molecule is CCCC(NCC1(CCO)CCOC1)c1ccccn1. The fourth-order valence-corrected chi connectivity index (χ4v) is 2.88. The molecule has 1 aliphatic heterocycles. The van der Waals surface area contributed by atoms with Crippen molar-refractivity contribution in [1.82, 2.24) is 10.3 Å². The molecule has 1 aromatic rings. The van der Waals surface area contributed by atoms with Gasteiger partial charge in [-0.15, -0.1) is 0 Å². The van der Waals surface area contributed by atoms with Crippen molar-refractivity contribution < 1.29 is 9.84 Å². The number of pyridine rings is 1. The lowest BCUT2D eigenvalue weighted by Crippen LogP contribution is -2.37. The van der Waals surface area contributed by atoms with Crippen molar-refractivity contribution in [1.29, 1.82) is 0 Å². The molecule has 1 fully saturated rings. The van der Waals surface area contributed by atoms with Crippen molar-refractivity contribution in [2.75, 3.05) is 26.4 Å². The summed E-state index contributed by atoms with van der Waals surface area (Å²) >= 11 is 0. The summed E-state index contributed by atoms with van der Waals surface area (Å²) in [5, 5.41) is 12.9. The Kier molecular flexibility index (Phi) is 5.95. The summed E-state index contributed by atoms with van der Waals surface area (Å²) in [6, 6.07) is 6.36. The van der Waals surface area contributed by atoms with Crippen LogP contribution in [0, 0.1) is 5.41 Å². The third kappa shape index (κ3) is 4.01. The van der Waals surface area contributed by atoms with Crippen LogP contribution in [-0.4, -0.2) is 36.5 Å². The van der Waals surface area contributed by atoms with E-state index in [1.54, 1.807) is 0 Å². The van der Waals surface area contributed by atoms with Gasteiger partial charge in [0.05, 0.1) is 12.3 Å². The van der Waals surface area contributed by atoms with Gasteiger partial charge in [-0.3, -0.25) is 4.98 Å². The summed E-state index contributed by atoms with van der Waals surface area (Å²) in [5.41, 5.74) is 1.20. The van der Waals surface area contributed by atoms with Crippen molar-refractivity contribution in [3.8, 4) is 0 Å². The molecule has 2 atom stereocenters. The van der Waals surface area contributed by atoms with Crippen LogP contribution in [0.3, 0.4) is 0 Å². The summed E-state index contributed by atoms with van der Waals surface area (Å²) < 4.78 is 5.54. The Bertz CT molecular complexity index is 377. The van der Waals surface area contributed by atoms with Gasteiger partial charge in [-0.05, 0) is 31.4 Å². The van der Waals surface area contributed by atoms with Crippen LogP contribution in [0.4, 0.5) is 0 Å². The van der Waals surface area contributed by atoms with Crippen LogP contribution in [0.5, 0.6) is 0 Å². The van der Waals surface area contributed by atoms with Crippen LogP contribution in [-0.2, 0) is 4.74 Å². The maximum absolute atomic E-state index is 9.28. The second-order valence-corrected chi connectivity index (χ2v) is 5.75. The highest BCUT2D eigenvalue weighted by Gasteiger charge is 2.34. The predicted octanol–water partition coefficient (Wildman–Crippen LogP) is 2.30. The molecule has 0 aliphatic carbocycles. The van der Waals surface area contributed by atoms with Crippen molar-refractivity contribution in [3.05, 3.63) is 30.1 Å². The molecule has 0 aromatic carbocycles. The number of nitrogens with one attached hydrogen (secondary N) is 1. The van der Waals surface area contributed by atoms with Crippen LogP contribution in [0.25, 0.3) is 0 Å². The molecule has 4 heteroatoms. The van der Waals surface area contributed by atoms with Crippen LogP contribution in [0.15, 0.2) is 24.4 Å². The summed E-state index contributed by atoms with van der Waals surface area (Å²) in [4.78, 5) is 4.47. The summed E-state index contributed by atoms with van der Waals surface area (Å²) in [6.45, 7) is 4.87. The number of hydrogen-bond donors (Lipinski definition) is 2. The lowest BCUT2D eigenvalue weighted by Gasteiger charge is -2.29. The summed E-state index contributed by atoms with van der Waals surface area (Å²) in [7, 11) is 0. The molecule has 1 aromatic heterocycles. The molecule has 2 rings (SSSR count). The quantitative estimate of drug-likeness (QED) is 0.766. The molecule has 2 N–H and O–H groups in total. The highest BCUT2D eigenvalue weighted by atomic mass is 16.5. The van der Waals surface area contributed by atoms with Crippen LogP contribution >= 0.6 is 0 Å². The van der Waals surface area contributed by atoms with Crippen LogP contribution in [0.1, 0.15) is 44.3 Å². The van der Waals surface area contributed by atoms with E-state index < -0.39 is 0 Å². The third-order valence-electron chi connectivity index (χ3n) is 4.17. The molecular weight excluding hydrogens is 252 g/mol. The van der Waals surface area contributed by atoms with E-state index in [-0.39, 0.29) is 18.1 Å². The molecule has 0 bridgehead atoms. The molecule has 0 spiro atoms. The second kappa shape index (κ2) is 7.72. The smallest absolute Gasteiger partial charge is 0.0573 e. The van der Waals surface area contributed by atoms with Gasteiger partial charge in [0.25, 0.3) is 0 Å². The van der Waals surface area contributed by atoms with E-state index >= 15 is 0 Å². The number of nitrogens with zero attached hydrogens (tertiary/aromatic N) is 1. The minimum atomic E-state index is 0.0928. The van der Waals surface area contributed by atoms with Gasteiger partial charge in [0, 0.05) is 37.4 Å². The Hall–Kier alpha value is -0.970. The normalized spacial score (nSPS) is 23.9. The molecular formula is C16H26N2O2. The molecule has 2 heterocycles. The topological polar surface area (TPSA) is 54.4 Å². The van der Waals surface area contributed by atoms with Gasteiger partial charge in [0.2, 0.25) is 0 Å². The van der Waals surface area contributed by atoms with Gasteiger partial charge >= 0.3 is 0 Å². The molecule has 20 heavy (non-hydrogen) atoms. The van der Waals surface area contributed by atoms with Gasteiger partial charge in [0.1, 0.15) is 0 Å². The van der Waals surface area contributed by atoms with E-state index in [1.165, 1.54) is 0 Å². The van der Waals surface area contributed by atoms with E-state index in [0.717, 1.165) is 51.1 Å². The fraction of sp³-hybridized carbons (Fsp3) is 0.688. The van der Waals surface area contributed by atoms with Crippen LogP contribution < -0.4 is 5.32 Å². The zero-order chi connectivity index (χ0) is 14.3. The Labute approximate surface area is 121 Å². The molecule has 2 unspecified atom stereocenters. The molecule has 4 nitrogen and oxygen atoms in total. The number of aliphatic hydroxyl groups is 1. The number of ether oxygens (including phenoxy) is 1. The molecule has 0 saturated carbocycles. The van der Waals surface area contributed by atoms with Gasteiger partial charge < -0.3 is 15.2 Å². The maximum atomic E-state index is 9.28. The van der Waals surface area contributed by atoms with E-state index in [1.807, 2.05) is 18.3 Å². The van der Waals surface area contributed by atoms with Gasteiger partial charge in [-0.2, -0.15) is 0 Å². The first-order valence-corrected chi connectivity index (χ1v) is 7.62. The van der Waals surface area contributed by atoms with Crippen molar-refractivity contribution >= 4 is 0 Å². The molecule has 0 amide bonds. The minimum Gasteiger partial charge on any atom is -0.396 e. The van der Waals surface area contributed by atoms with E-state index in [0.29, 0.717) is 0 Å².